The summed E-state index contributed by atoms with van der Waals surface area (Å²) in [6, 6.07) is 29.1. The van der Waals surface area contributed by atoms with Crippen molar-refractivity contribution in [1.82, 2.24) is 0 Å². The number of hydrogen-bond acceptors (Lipinski definition) is 2. The molecule has 28 heavy (non-hydrogen) atoms. The van der Waals surface area contributed by atoms with Crippen molar-refractivity contribution in [2.24, 2.45) is 5.92 Å². The molecule has 1 unspecified atom stereocenters. The first-order chi connectivity index (χ1) is 13.9. The number of carbonyl (C=O) groups is 1. The van der Waals surface area contributed by atoms with Gasteiger partial charge in [-0.05, 0) is 0 Å². The van der Waals surface area contributed by atoms with Gasteiger partial charge in [-0.2, -0.15) is 0 Å². The van der Waals surface area contributed by atoms with Gasteiger partial charge in [-0.1, -0.05) is 0 Å². The Balaban J connectivity index is 1.61. The number of benzene rings is 3. The molecule has 0 saturated heterocycles. The third-order valence-corrected chi connectivity index (χ3v) is 12.2. The number of hydrogen-bond donors (Lipinski definition) is 0. The fraction of sp³-hybridized carbons (Fsp3) is 0.0800. The number of aldehydes is 1. The van der Waals surface area contributed by atoms with E-state index in [1.807, 2.05) is 18.2 Å². The van der Waals surface area contributed by atoms with E-state index in [-0.39, 0.29) is 5.92 Å². The maximum absolute atomic E-state index is 11.3. The molecule has 0 saturated carbocycles. The van der Waals surface area contributed by atoms with Gasteiger partial charge in [-0.3, -0.25) is 0 Å². The Bertz CT molecular complexity index is 954. The minimum absolute atomic E-state index is 0.239. The Morgan fingerprint density at radius 2 is 1.43 bits per heavy atom. The molecule has 1 aliphatic carbocycles. The van der Waals surface area contributed by atoms with Crippen molar-refractivity contribution in [3.8, 4) is 5.75 Å². The number of allylic oxidation sites excluding steroid dienone is 2. The van der Waals surface area contributed by atoms with Crippen LogP contribution in [0.5, 0.6) is 5.75 Å². The average molecular weight is 475 g/mol. The second kappa shape index (κ2) is 9.08. The van der Waals surface area contributed by atoms with Crippen molar-refractivity contribution < 1.29 is 9.53 Å². The van der Waals surface area contributed by atoms with Gasteiger partial charge in [0, 0.05) is 0 Å². The molecule has 0 bridgehead atoms. The standard InChI is InChI=1S/C13H11O2.2C6H5.Sb/c14-9-12-7-3-4-8-13(12)15-10-11-5-1-2-6-11;2*1-2-4-6-5-3-1;/h1-5,7-9,11H,10H2;2*1-5H;. The molecule has 0 fully saturated rings. The summed E-state index contributed by atoms with van der Waals surface area (Å²) in [7, 11) is 0. The molecule has 3 aromatic carbocycles. The van der Waals surface area contributed by atoms with Gasteiger partial charge in [0.1, 0.15) is 0 Å². The third-order valence-electron chi connectivity index (χ3n) is 4.74. The summed E-state index contributed by atoms with van der Waals surface area (Å²) in [5, 5.41) is 0. The molecule has 0 radical (unpaired) electrons. The summed E-state index contributed by atoms with van der Waals surface area (Å²) < 4.78 is 10.5. The van der Waals surface area contributed by atoms with Crippen LogP contribution in [0.1, 0.15) is 10.4 Å². The fourth-order valence-electron chi connectivity index (χ4n) is 3.38. The van der Waals surface area contributed by atoms with Gasteiger partial charge < -0.3 is 0 Å². The number of carbonyl (C=O) groups excluding carboxylic acids is 1. The first-order valence-electron chi connectivity index (χ1n) is 9.32. The molecule has 0 aliphatic heterocycles. The normalized spacial score (nSPS) is 15.5. The second-order valence-corrected chi connectivity index (χ2v) is 12.9. The van der Waals surface area contributed by atoms with E-state index in [0.29, 0.717) is 17.9 Å². The summed E-state index contributed by atoms with van der Waals surface area (Å²) >= 11 is -2.11. The van der Waals surface area contributed by atoms with E-state index in [1.54, 1.807) is 6.07 Å². The van der Waals surface area contributed by atoms with Crippen LogP contribution in [0.4, 0.5) is 0 Å². The van der Waals surface area contributed by atoms with Gasteiger partial charge >= 0.3 is 174 Å². The Labute approximate surface area is 173 Å². The quantitative estimate of drug-likeness (QED) is 0.384. The van der Waals surface area contributed by atoms with Crippen LogP contribution in [0, 0.1) is 5.92 Å². The molecule has 1 aliphatic rings. The van der Waals surface area contributed by atoms with Crippen LogP contribution in [0.25, 0.3) is 0 Å². The van der Waals surface area contributed by atoms with Gasteiger partial charge in [-0.25, -0.2) is 0 Å². The van der Waals surface area contributed by atoms with Gasteiger partial charge in [0.05, 0.1) is 0 Å². The summed E-state index contributed by atoms with van der Waals surface area (Å²) in [5.74, 6) is 0.892. The van der Waals surface area contributed by atoms with E-state index < -0.39 is 20.2 Å². The predicted molar refractivity (Wildman–Crippen MR) is 116 cm³/mol. The Hall–Kier alpha value is -2.57. The summed E-state index contributed by atoms with van der Waals surface area (Å²) in [5.41, 5.74) is 0.596. The molecule has 0 N–H and O–H groups in total. The van der Waals surface area contributed by atoms with Crippen LogP contribution in [0.15, 0.2) is 107 Å². The third kappa shape index (κ3) is 4.13. The molecule has 0 aromatic heterocycles. The molecule has 0 heterocycles. The van der Waals surface area contributed by atoms with Gasteiger partial charge in [0.15, 0.2) is 0 Å². The number of para-hydroxylation sites is 1. The van der Waals surface area contributed by atoms with Crippen molar-refractivity contribution in [3.63, 3.8) is 0 Å². The van der Waals surface area contributed by atoms with Crippen LogP contribution in [0.2, 0.25) is 0 Å². The van der Waals surface area contributed by atoms with Gasteiger partial charge in [0.2, 0.25) is 0 Å². The average Bonchev–Trinajstić information content (AvgIpc) is 3.22. The molecule has 2 nitrogen and oxygen atoms in total. The topological polar surface area (TPSA) is 26.3 Å². The van der Waals surface area contributed by atoms with E-state index in [9.17, 15) is 4.79 Å². The Morgan fingerprint density at radius 1 is 0.821 bits per heavy atom. The van der Waals surface area contributed by atoms with Crippen LogP contribution in [0.3, 0.4) is 0 Å². The first kappa shape index (κ1) is 18.8. The molecule has 138 valence electrons. The molecular formula is C25H21O2Sb. The van der Waals surface area contributed by atoms with Crippen LogP contribution in [-0.2, 0) is 0 Å². The molecular weight excluding hydrogens is 454 g/mol. The van der Waals surface area contributed by atoms with Crippen molar-refractivity contribution in [3.05, 3.63) is 112 Å². The molecule has 1 atom stereocenters. The van der Waals surface area contributed by atoms with Crippen molar-refractivity contribution in [2.75, 3.05) is 6.61 Å². The predicted octanol–water partition coefficient (Wildman–Crippen LogP) is 3.84. The Morgan fingerprint density at radius 3 is 2.07 bits per heavy atom. The van der Waals surface area contributed by atoms with E-state index in [4.69, 9.17) is 4.74 Å². The second-order valence-electron chi connectivity index (χ2n) is 6.56. The summed E-state index contributed by atoms with van der Waals surface area (Å²) in [4.78, 5) is 11.3. The Kier molecular flexibility index (Phi) is 6.09. The van der Waals surface area contributed by atoms with Crippen molar-refractivity contribution >= 4 is 33.5 Å². The fourth-order valence-corrected chi connectivity index (χ4v) is 10.7. The zero-order valence-corrected chi connectivity index (χ0v) is 18.0. The van der Waals surface area contributed by atoms with E-state index in [1.165, 1.54) is 10.5 Å². The molecule has 3 aromatic rings. The zero-order valence-electron chi connectivity index (χ0n) is 15.4. The van der Waals surface area contributed by atoms with Crippen molar-refractivity contribution in [1.29, 1.82) is 0 Å². The number of rotatable bonds is 7. The van der Waals surface area contributed by atoms with Crippen molar-refractivity contribution in [2.45, 2.75) is 0 Å². The van der Waals surface area contributed by atoms with E-state index in [0.717, 1.165) is 6.29 Å². The summed E-state index contributed by atoms with van der Waals surface area (Å²) in [6.07, 6.45) is 7.51. The summed E-state index contributed by atoms with van der Waals surface area (Å²) in [6.45, 7) is 0.549. The van der Waals surface area contributed by atoms with Gasteiger partial charge in [-0.15, -0.1) is 0 Å². The maximum atomic E-state index is 11.3. The molecule has 0 spiro atoms. The molecule has 0 amide bonds. The zero-order chi connectivity index (χ0) is 19.2. The van der Waals surface area contributed by atoms with Crippen LogP contribution in [-0.4, -0.2) is 33.1 Å². The number of ether oxygens (including phenoxy) is 1. The van der Waals surface area contributed by atoms with E-state index >= 15 is 0 Å². The van der Waals surface area contributed by atoms with E-state index in [2.05, 4.69) is 78.9 Å². The minimum atomic E-state index is -2.11. The molecule has 3 heteroatoms. The van der Waals surface area contributed by atoms with Crippen LogP contribution >= 0.6 is 0 Å². The molecule has 4 rings (SSSR count). The van der Waals surface area contributed by atoms with Crippen LogP contribution < -0.4 is 11.8 Å². The SMILES string of the molecule is O=Cc1ccccc1OCC1C=CC=[C]1[Sb]([c]1ccccc1)[c]1ccccc1. The van der Waals surface area contributed by atoms with Gasteiger partial charge in [0.25, 0.3) is 0 Å². The first-order valence-corrected chi connectivity index (χ1v) is 13.2. The monoisotopic (exact) mass is 474 g/mol.